The Balaban J connectivity index is 3.89. The van der Waals surface area contributed by atoms with Gasteiger partial charge in [0.1, 0.15) is 13.2 Å². The molecule has 0 aromatic rings. The minimum absolute atomic E-state index is 0.190. The van der Waals surface area contributed by atoms with Gasteiger partial charge in [0.05, 0.1) is 6.54 Å². The number of nitrogens with zero attached hydrogens (tertiary/aromatic N) is 2. The number of hydrogen-bond acceptors (Lipinski definition) is 4. The molecule has 0 rings (SSSR count). The molecule has 0 aromatic carbocycles. The van der Waals surface area contributed by atoms with E-state index in [0.717, 1.165) is 4.90 Å². The summed E-state index contributed by atoms with van der Waals surface area (Å²) >= 11 is 0. The molecule has 3 N–H and O–H groups in total. The third kappa shape index (κ3) is 6.87. The molecular formula is C7H12F3N3O3. The van der Waals surface area contributed by atoms with E-state index in [1.165, 1.54) is 7.05 Å². The molecule has 0 aromatic heterocycles. The Morgan fingerprint density at radius 1 is 1.56 bits per heavy atom. The lowest BCUT2D eigenvalue weighted by molar-refractivity contribution is -0.177. The van der Waals surface area contributed by atoms with Crippen LogP contribution in [0.1, 0.15) is 0 Å². The van der Waals surface area contributed by atoms with Crippen LogP contribution in [-0.2, 0) is 9.53 Å². The zero-order valence-electron chi connectivity index (χ0n) is 8.49. The van der Waals surface area contributed by atoms with Crippen molar-refractivity contribution in [2.45, 2.75) is 6.18 Å². The number of likely N-dealkylation sites (N-methyl/N-ethyl adjacent to an activating group) is 1. The van der Waals surface area contributed by atoms with Crippen molar-refractivity contribution in [3.8, 4) is 0 Å². The summed E-state index contributed by atoms with van der Waals surface area (Å²) in [6.45, 7) is -2.39. The van der Waals surface area contributed by atoms with Crippen LogP contribution in [-0.4, -0.2) is 54.8 Å². The number of halogens is 3. The molecule has 0 aliphatic carbocycles. The number of oxime groups is 1. The number of carbonyl (C=O) groups excluding carboxylic acids is 1. The van der Waals surface area contributed by atoms with Gasteiger partial charge in [-0.2, -0.15) is 13.2 Å². The molecule has 0 aliphatic rings. The summed E-state index contributed by atoms with van der Waals surface area (Å²) in [4.78, 5) is 12.1. The van der Waals surface area contributed by atoms with Crippen molar-refractivity contribution in [3.05, 3.63) is 0 Å². The highest BCUT2D eigenvalue weighted by atomic mass is 19.4. The molecule has 0 radical (unpaired) electrons. The van der Waals surface area contributed by atoms with Crippen molar-refractivity contribution in [1.82, 2.24) is 4.90 Å². The zero-order valence-corrected chi connectivity index (χ0v) is 8.49. The van der Waals surface area contributed by atoms with Crippen LogP contribution in [0.15, 0.2) is 5.16 Å². The van der Waals surface area contributed by atoms with E-state index in [-0.39, 0.29) is 12.4 Å². The molecule has 1 amide bonds. The van der Waals surface area contributed by atoms with E-state index < -0.39 is 25.3 Å². The van der Waals surface area contributed by atoms with Gasteiger partial charge in [0, 0.05) is 7.05 Å². The molecule has 0 spiro atoms. The second-order valence-electron chi connectivity index (χ2n) is 2.95. The first kappa shape index (κ1) is 14.5. The first-order valence-corrected chi connectivity index (χ1v) is 4.11. The van der Waals surface area contributed by atoms with Crippen molar-refractivity contribution in [2.75, 3.05) is 26.8 Å². The average Bonchev–Trinajstić information content (AvgIpc) is 2.15. The van der Waals surface area contributed by atoms with Crippen molar-refractivity contribution < 1.29 is 27.9 Å². The first-order chi connectivity index (χ1) is 7.26. The molecule has 0 saturated heterocycles. The maximum atomic E-state index is 11.6. The summed E-state index contributed by atoms with van der Waals surface area (Å²) in [7, 11) is 1.29. The van der Waals surface area contributed by atoms with E-state index in [1.807, 2.05) is 0 Å². The molecule has 0 saturated carbocycles. The largest absolute Gasteiger partial charge is 0.411 e. The molecule has 0 aliphatic heterocycles. The van der Waals surface area contributed by atoms with Gasteiger partial charge in [-0.3, -0.25) is 4.79 Å². The highest BCUT2D eigenvalue weighted by Gasteiger charge is 2.28. The number of carbonyl (C=O) groups is 1. The van der Waals surface area contributed by atoms with Crippen LogP contribution in [0, 0.1) is 0 Å². The third-order valence-electron chi connectivity index (χ3n) is 1.44. The molecule has 6 nitrogen and oxygen atoms in total. The Hall–Kier alpha value is -1.51. The SMILES string of the molecule is CN(CC(N)=NO)C(=O)COCC(F)(F)F. The van der Waals surface area contributed by atoms with Gasteiger partial charge in [0.25, 0.3) is 0 Å². The maximum Gasteiger partial charge on any atom is 0.411 e. The van der Waals surface area contributed by atoms with E-state index in [4.69, 9.17) is 10.9 Å². The summed E-state index contributed by atoms with van der Waals surface area (Å²) in [5, 5.41) is 10.8. The Labute approximate surface area is 89.4 Å². The number of nitrogens with two attached hydrogens (primary N) is 1. The van der Waals surface area contributed by atoms with Crippen LogP contribution >= 0.6 is 0 Å². The summed E-state index contributed by atoms with van der Waals surface area (Å²) in [5.74, 6) is -0.928. The van der Waals surface area contributed by atoms with E-state index >= 15 is 0 Å². The van der Waals surface area contributed by atoms with Crippen LogP contribution in [0.25, 0.3) is 0 Å². The Morgan fingerprint density at radius 2 is 2.12 bits per heavy atom. The topological polar surface area (TPSA) is 88.1 Å². The summed E-state index contributed by atoms with van der Waals surface area (Å²) < 4.78 is 39.1. The van der Waals surface area contributed by atoms with E-state index in [2.05, 4.69) is 9.89 Å². The second-order valence-corrected chi connectivity index (χ2v) is 2.95. The Morgan fingerprint density at radius 3 is 2.56 bits per heavy atom. The smallest absolute Gasteiger partial charge is 0.409 e. The number of rotatable bonds is 5. The number of alkyl halides is 3. The van der Waals surface area contributed by atoms with Crippen molar-refractivity contribution in [1.29, 1.82) is 0 Å². The molecule has 0 bridgehead atoms. The van der Waals surface area contributed by atoms with E-state index in [1.54, 1.807) is 0 Å². The quantitative estimate of drug-likeness (QED) is 0.302. The van der Waals surface area contributed by atoms with Gasteiger partial charge in [-0.1, -0.05) is 5.16 Å². The molecule has 0 fully saturated rings. The lowest BCUT2D eigenvalue weighted by Crippen LogP contribution is -2.38. The standard InChI is InChI=1S/C7H12F3N3O3/c1-13(2-5(11)12-15)6(14)3-16-4-7(8,9)10/h15H,2-4H2,1H3,(H2,11,12). The van der Waals surface area contributed by atoms with Gasteiger partial charge < -0.3 is 20.6 Å². The number of amides is 1. The van der Waals surface area contributed by atoms with Crippen LogP contribution in [0.5, 0.6) is 0 Å². The molecule has 94 valence electrons. The summed E-state index contributed by atoms with van der Waals surface area (Å²) in [6, 6.07) is 0. The monoisotopic (exact) mass is 243 g/mol. The van der Waals surface area contributed by atoms with E-state index in [0.29, 0.717) is 0 Å². The molecule has 16 heavy (non-hydrogen) atoms. The Bertz CT molecular complexity index is 267. The fraction of sp³-hybridized carbons (Fsp3) is 0.714. The molecule has 0 unspecified atom stereocenters. The van der Waals surface area contributed by atoms with Crippen molar-refractivity contribution >= 4 is 11.7 Å². The van der Waals surface area contributed by atoms with Gasteiger partial charge >= 0.3 is 6.18 Å². The van der Waals surface area contributed by atoms with Gasteiger partial charge in [-0.15, -0.1) is 0 Å². The van der Waals surface area contributed by atoms with Gasteiger partial charge in [-0.25, -0.2) is 0 Å². The minimum atomic E-state index is -4.47. The Kier molecular flexibility index (Phi) is 5.57. The molecule has 9 heteroatoms. The lowest BCUT2D eigenvalue weighted by atomic mass is 10.5. The highest BCUT2D eigenvalue weighted by molar-refractivity contribution is 5.87. The first-order valence-electron chi connectivity index (χ1n) is 4.11. The van der Waals surface area contributed by atoms with Crippen LogP contribution < -0.4 is 5.73 Å². The third-order valence-corrected chi connectivity index (χ3v) is 1.44. The molecule has 0 atom stereocenters. The second kappa shape index (κ2) is 6.16. The highest BCUT2D eigenvalue weighted by Crippen LogP contribution is 2.14. The predicted octanol–water partition coefficient (Wildman–Crippen LogP) is -0.230. The average molecular weight is 243 g/mol. The predicted molar refractivity (Wildman–Crippen MR) is 47.9 cm³/mol. The van der Waals surface area contributed by atoms with Crippen LogP contribution in [0.4, 0.5) is 13.2 Å². The zero-order chi connectivity index (χ0) is 12.8. The number of ether oxygens (including phenoxy) is 1. The fourth-order valence-corrected chi connectivity index (χ4v) is 0.727. The van der Waals surface area contributed by atoms with Gasteiger partial charge in [0.15, 0.2) is 5.84 Å². The van der Waals surface area contributed by atoms with Gasteiger partial charge in [-0.05, 0) is 0 Å². The van der Waals surface area contributed by atoms with Crippen molar-refractivity contribution in [3.63, 3.8) is 0 Å². The molecular weight excluding hydrogens is 231 g/mol. The fourth-order valence-electron chi connectivity index (χ4n) is 0.727. The maximum absolute atomic E-state index is 11.6. The van der Waals surface area contributed by atoms with Crippen LogP contribution in [0.2, 0.25) is 0 Å². The minimum Gasteiger partial charge on any atom is -0.409 e. The number of hydrogen-bond donors (Lipinski definition) is 2. The van der Waals surface area contributed by atoms with Gasteiger partial charge in [0.2, 0.25) is 5.91 Å². The van der Waals surface area contributed by atoms with Crippen molar-refractivity contribution in [2.24, 2.45) is 10.9 Å². The van der Waals surface area contributed by atoms with Crippen LogP contribution in [0.3, 0.4) is 0 Å². The number of amidine groups is 1. The molecule has 0 heterocycles. The summed E-state index contributed by atoms with van der Waals surface area (Å²) in [6.07, 6.45) is -4.47. The normalized spacial score (nSPS) is 12.6. The van der Waals surface area contributed by atoms with E-state index in [9.17, 15) is 18.0 Å². The lowest BCUT2D eigenvalue weighted by Gasteiger charge is -2.16. The summed E-state index contributed by atoms with van der Waals surface area (Å²) in [5.41, 5.74) is 5.09.